The van der Waals surface area contributed by atoms with Crippen LogP contribution in [0.25, 0.3) is 0 Å². The van der Waals surface area contributed by atoms with E-state index in [-0.39, 0.29) is 5.56 Å². The molecule has 0 bridgehead atoms. The normalized spacial score (nSPS) is 11.1. The quantitative estimate of drug-likeness (QED) is 0.691. The number of nitrogens with zero attached hydrogens (tertiary/aromatic N) is 2. The van der Waals surface area contributed by atoms with E-state index in [1.165, 1.54) is 18.3 Å². The lowest BCUT2D eigenvalue weighted by atomic mass is 10.3. The van der Waals surface area contributed by atoms with Gasteiger partial charge < -0.3 is 4.98 Å². The lowest BCUT2D eigenvalue weighted by Gasteiger charge is -2.07. The molecule has 2 amide bonds. The number of rotatable bonds is 3. The molecule has 2 aromatic heterocycles. The van der Waals surface area contributed by atoms with Gasteiger partial charge in [0, 0.05) is 12.4 Å². The van der Waals surface area contributed by atoms with Crippen LogP contribution in [0.4, 0.5) is 13.2 Å². The summed E-state index contributed by atoms with van der Waals surface area (Å²) < 4.78 is 37.8. The highest BCUT2D eigenvalue weighted by Gasteiger charge is 2.33. The van der Waals surface area contributed by atoms with Crippen molar-refractivity contribution in [1.82, 2.24) is 25.6 Å². The van der Waals surface area contributed by atoms with E-state index in [9.17, 15) is 27.6 Å². The zero-order chi connectivity index (χ0) is 17.0. The average molecular weight is 329 g/mol. The second-order valence-corrected chi connectivity index (χ2v) is 4.31. The first-order valence-electron chi connectivity index (χ1n) is 6.15. The number of aromatic amines is 1. The van der Waals surface area contributed by atoms with Crippen LogP contribution in [0.5, 0.6) is 0 Å². The third-order valence-corrected chi connectivity index (χ3v) is 2.61. The molecule has 0 unspecified atom stereocenters. The number of nitrogens with one attached hydrogen (secondary N) is 3. The molecule has 0 fully saturated rings. The maximum atomic E-state index is 12.4. The highest BCUT2D eigenvalue weighted by Crippen LogP contribution is 2.27. The van der Waals surface area contributed by atoms with Gasteiger partial charge in [0.1, 0.15) is 12.1 Å². The van der Waals surface area contributed by atoms with Crippen molar-refractivity contribution in [2.45, 2.75) is 12.7 Å². The first-order valence-corrected chi connectivity index (χ1v) is 6.15. The minimum Gasteiger partial charge on any atom is -0.328 e. The van der Waals surface area contributed by atoms with Crippen LogP contribution in [0.15, 0.2) is 35.4 Å². The Labute approximate surface area is 126 Å². The van der Waals surface area contributed by atoms with Crippen LogP contribution in [0.2, 0.25) is 0 Å². The first kappa shape index (κ1) is 16.3. The Morgan fingerprint density at radius 1 is 1.26 bits per heavy atom. The van der Waals surface area contributed by atoms with Crippen LogP contribution in [-0.2, 0) is 17.5 Å². The van der Waals surface area contributed by atoms with Crippen LogP contribution >= 0.6 is 0 Å². The third kappa shape index (κ3) is 4.18. The number of hydrogen-bond donors (Lipinski definition) is 3. The Kier molecular flexibility index (Phi) is 4.48. The molecule has 0 aliphatic heterocycles. The molecule has 0 spiro atoms. The molecule has 2 rings (SSSR count). The summed E-state index contributed by atoms with van der Waals surface area (Å²) >= 11 is 0. The largest absolute Gasteiger partial charge is 0.435 e. The van der Waals surface area contributed by atoms with Crippen LogP contribution < -0.4 is 16.4 Å². The number of hydrazine groups is 1. The number of aromatic nitrogens is 3. The van der Waals surface area contributed by atoms with Gasteiger partial charge in [-0.15, -0.1) is 0 Å². The van der Waals surface area contributed by atoms with Gasteiger partial charge in [0.25, 0.3) is 17.4 Å². The van der Waals surface area contributed by atoms with Gasteiger partial charge >= 0.3 is 6.18 Å². The molecular weight excluding hydrogens is 319 g/mol. The van der Waals surface area contributed by atoms with Gasteiger partial charge in [0.05, 0.1) is 0 Å². The van der Waals surface area contributed by atoms with Crippen molar-refractivity contribution in [3.63, 3.8) is 0 Å². The molecule has 0 atom stereocenters. The fourth-order valence-electron chi connectivity index (χ4n) is 1.58. The Morgan fingerprint density at radius 2 is 2.00 bits per heavy atom. The van der Waals surface area contributed by atoms with Gasteiger partial charge in [-0.05, 0) is 18.2 Å². The number of hydrogen-bond acceptors (Lipinski definition) is 4. The third-order valence-electron chi connectivity index (χ3n) is 2.61. The highest BCUT2D eigenvalue weighted by molar-refractivity contribution is 5.94. The summed E-state index contributed by atoms with van der Waals surface area (Å²) in [7, 11) is 0. The molecule has 122 valence electrons. The Hall–Kier alpha value is -3.11. The summed E-state index contributed by atoms with van der Waals surface area (Å²) in [5, 5.41) is 3.18. The van der Waals surface area contributed by atoms with Crippen molar-refractivity contribution in [2.75, 3.05) is 0 Å². The highest BCUT2D eigenvalue weighted by atomic mass is 19.4. The zero-order valence-corrected chi connectivity index (χ0v) is 11.3. The van der Waals surface area contributed by atoms with Crippen molar-refractivity contribution in [3.05, 3.63) is 52.2 Å². The van der Waals surface area contributed by atoms with Crippen molar-refractivity contribution in [1.29, 1.82) is 0 Å². The van der Waals surface area contributed by atoms with Crippen molar-refractivity contribution in [2.24, 2.45) is 0 Å². The van der Waals surface area contributed by atoms with Gasteiger partial charge in [-0.25, -0.2) is 0 Å². The molecule has 0 saturated heterocycles. The van der Waals surface area contributed by atoms with E-state index in [1.807, 2.05) is 10.9 Å². The summed E-state index contributed by atoms with van der Waals surface area (Å²) in [5.41, 5.74) is 1.93. The van der Waals surface area contributed by atoms with E-state index >= 15 is 0 Å². The monoisotopic (exact) mass is 329 g/mol. The van der Waals surface area contributed by atoms with Crippen molar-refractivity contribution in [3.8, 4) is 0 Å². The van der Waals surface area contributed by atoms with Gasteiger partial charge in [-0.3, -0.25) is 29.9 Å². The van der Waals surface area contributed by atoms with Crippen LogP contribution in [-0.4, -0.2) is 26.6 Å². The van der Waals surface area contributed by atoms with Gasteiger partial charge in [-0.1, -0.05) is 0 Å². The smallest absolute Gasteiger partial charge is 0.328 e. The summed E-state index contributed by atoms with van der Waals surface area (Å²) in [5.74, 6) is -1.68. The number of alkyl halides is 3. The lowest BCUT2D eigenvalue weighted by Crippen LogP contribution is -2.44. The number of carbonyl (C=O) groups excluding carboxylic acids is 2. The van der Waals surface area contributed by atoms with Gasteiger partial charge in [-0.2, -0.15) is 18.3 Å². The first-order chi connectivity index (χ1) is 10.8. The predicted molar refractivity (Wildman–Crippen MR) is 69.9 cm³/mol. The topological polar surface area (TPSA) is 109 Å². The molecule has 2 aromatic rings. The molecule has 0 aromatic carbocycles. The number of amides is 2. The number of H-pyrrole nitrogens is 1. The Morgan fingerprint density at radius 3 is 2.61 bits per heavy atom. The lowest BCUT2D eigenvalue weighted by molar-refractivity contribution is -0.141. The Balaban J connectivity index is 1.91. The fourth-order valence-corrected chi connectivity index (χ4v) is 1.58. The van der Waals surface area contributed by atoms with Crippen molar-refractivity contribution >= 4 is 11.8 Å². The van der Waals surface area contributed by atoms with E-state index < -0.39 is 35.8 Å². The number of carbonyl (C=O) groups is 2. The minimum absolute atomic E-state index is 0.230. The molecule has 11 heteroatoms. The summed E-state index contributed by atoms with van der Waals surface area (Å²) in [6, 6.07) is 3.37. The maximum absolute atomic E-state index is 12.4. The van der Waals surface area contributed by atoms with E-state index in [0.29, 0.717) is 0 Å². The molecule has 2 heterocycles. The van der Waals surface area contributed by atoms with Crippen LogP contribution in [0.1, 0.15) is 16.1 Å². The fraction of sp³-hybridized carbons (Fsp3) is 0.167. The Bertz CT molecular complexity index is 780. The predicted octanol–water partition coefficient (Wildman–Crippen LogP) is 0.0514. The zero-order valence-electron chi connectivity index (χ0n) is 11.3. The second-order valence-electron chi connectivity index (χ2n) is 4.31. The van der Waals surface area contributed by atoms with E-state index in [0.717, 1.165) is 16.9 Å². The molecule has 0 aliphatic carbocycles. The SMILES string of the molecule is O=C(Cn1ccc(C(F)(F)F)n1)NNC(=O)c1ccc[nH]c1=O. The summed E-state index contributed by atoms with van der Waals surface area (Å²) in [6.45, 7) is -0.540. The standard InChI is InChI=1S/C12H10F3N5O3/c13-12(14,15)8-3-5-20(19-8)6-9(21)17-18-11(23)7-2-1-4-16-10(7)22/h1-5H,6H2,(H,16,22)(H,17,21)(H,18,23). The molecule has 3 N–H and O–H groups in total. The molecule has 8 nitrogen and oxygen atoms in total. The van der Waals surface area contributed by atoms with Crippen molar-refractivity contribution < 1.29 is 22.8 Å². The van der Waals surface area contributed by atoms with Gasteiger partial charge in [0.15, 0.2) is 5.69 Å². The summed E-state index contributed by atoms with van der Waals surface area (Å²) in [4.78, 5) is 36.8. The molecule has 0 radical (unpaired) electrons. The second kappa shape index (κ2) is 6.34. The van der Waals surface area contributed by atoms with E-state index in [2.05, 4.69) is 10.1 Å². The van der Waals surface area contributed by atoms with Crippen LogP contribution in [0.3, 0.4) is 0 Å². The molecular formula is C12H10F3N5O3. The van der Waals surface area contributed by atoms with E-state index in [4.69, 9.17) is 0 Å². The van der Waals surface area contributed by atoms with Gasteiger partial charge in [0.2, 0.25) is 0 Å². The number of halogens is 3. The number of pyridine rings is 1. The molecule has 0 saturated carbocycles. The van der Waals surface area contributed by atoms with Crippen LogP contribution in [0, 0.1) is 0 Å². The molecule has 0 aliphatic rings. The molecule has 23 heavy (non-hydrogen) atoms. The minimum atomic E-state index is -4.61. The average Bonchev–Trinajstić information content (AvgIpc) is 2.94. The summed E-state index contributed by atoms with van der Waals surface area (Å²) in [6.07, 6.45) is -2.30. The van der Waals surface area contributed by atoms with E-state index in [1.54, 1.807) is 0 Å². The maximum Gasteiger partial charge on any atom is 0.435 e.